The monoisotopic (exact) mass is 287 g/mol. The Kier molecular flexibility index (Phi) is 3.73. The number of benzene rings is 1. The van der Waals surface area contributed by atoms with Gasteiger partial charge in [0.05, 0.1) is 11.3 Å². The number of carboxylic acid groups (broad SMARTS) is 1. The van der Waals surface area contributed by atoms with Crippen LogP contribution in [0.25, 0.3) is 0 Å². The second kappa shape index (κ2) is 4.97. The summed E-state index contributed by atoms with van der Waals surface area (Å²) >= 11 is 0. The maximum Gasteiger partial charge on any atom is 0.335 e. The number of carbonyl (C=O) groups is 1. The van der Waals surface area contributed by atoms with E-state index < -0.39 is 5.97 Å². The molecule has 2 rings (SSSR count). The number of hydrogen-bond acceptors (Lipinski definition) is 2. The Morgan fingerprint density at radius 3 is 1.86 bits per heavy atom. The molecule has 1 aromatic rings. The molecule has 0 aliphatic heterocycles. The first-order valence-electron chi connectivity index (χ1n) is 7.49. The molecule has 1 N–H and O–H groups in total. The molecule has 0 amide bonds. The van der Waals surface area contributed by atoms with Crippen LogP contribution in [0.2, 0.25) is 0 Å². The maximum absolute atomic E-state index is 11.1. The minimum atomic E-state index is -0.887. The van der Waals surface area contributed by atoms with E-state index >= 15 is 0 Å². The molecular formula is C18H25NO2. The van der Waals surface area contributed by atoms with Gasteiger partial charge >= 0.3 is 5.97 Å². The average Bonchev–Trinajstić information content (AvgIpc) is 2.54. The molecular weight excluding hydrogens is 262 g/mol. The second-order valence-electron chi connectivity index (χ2n) is 7.49. The fourth-order valence-corrected chi connectivity index (χ4v) is 3.45. The van der Waals surface area contributed by atoms with Crippen LogP contribution in [0.4, 0.5) is 5.69 Å². The first kappa shape index (κ1) is 15.7. The Bertz CT molecular complexity index is 583. The molecule has 114 valence electrons. The van der Waals surface area contributed by atoms with Gasteiger partial charge in [-0.3, -0.25) is 4.99 Å². The number of hydrogen-bond donors (Lipinski definition) is 1. The molecule has 0 heterocycles. The Morgan fingerprint density at radius 2 is 1.48 bits per heavy atom. The molecule has 1 aromatic carbocycles. The molecule has 0 radical (unpaired) electrons. The summed E-state index contributed by atoms with van der Waals surface area (Å²) in [6, 6.07) is 3.42. The highest BCUT2D eigenvalue weighted by atomic mass is 16.4. The molecule has 21 heavy (non-hydrogen) atoms. The van der Waals surface area contributed by atoms with Gasteiger partial charge in [0, 0.05) is 16.5 Å². The summed E-state index contributed by atoms with van der Waals surface area (Å²) < 4.78 is 0. The van der Waals surface area contributed by atoms with Crippen molar-refractivity contribution in [2.45, 2.75) is 54.4 Å². The lowest BCUT2D eigenvalue weighted by atomic mass is 9.81. The highest BCUT2D eigenvalue weighted by molar-refractivity contribution is 5.98. The number of aliphatic imine (C=N–C) groups is 1. The fraction of sp³-hybridized carbons (Fsp3) is 0.556. The molecule has 0 aromatic heterocycles. The van der Waals surface area contributed by atoms with Crippen molar-refractivity contribution in [3.05, 3.63) is 28.8 Å². The first-order valence-corrected chi connectivity index (χ1v) is 7.49. The van der Waals surface area contributed by atoms with Gasteiger partial charge < -0.3 is 5.11 Å². The van der Waals surface area contributed by atoms with E-state index in [-0.39, 0.29) is 10.8 Å². The smallest absolute Gasteiger partial charge is 0.335 e. The van der Waals surface area contributed by atoms with Gasteiger partial charge in [0.2, 0.25) is 0 Å². The van der Waals surface area contributed by atoms with Gasteiger partial charge in [-0.25, -0.2) is 4.79 Å². The van der Waals surface area contributed by atoms with E-state index in [0.717, 1.165) is 29.7 Å². The van der Waals surface area contributed by atoms with E-state index in [4.69, 9.17) is 10.1 Å². The van der Waals surface area contributed by atoms with Crippen LogP contribution >= 0.6 is 0 Å². The maximum atomic E-state index is 11.1. The van der Waals surface area contributed by atoms with Crippen molar-refractivity contribution in [1.82, 2.24) is 0 Å². The number of nitrogens with zero attached hydrogens (tertiary/aromatic N) is 1. The third-order valence-corrected chi connectivity index (χ3v) is 4.62. The summed E-state index contributed by atoms with van der Waals surface area (Å²) in [6.45, 7) is 12.9. The molecule has 3 heteroatoms. The quantitative estimate of drug-likeness (QED) is 0.839. The van der Waals surface area contributed by atoms with E-state index in [0.29, 0.717) is 5.56 Å². The molecule has 1 aliphatic carbocycles. The van der Waals surface area contributed by atoms with E-state index in [1.54, 1.807) is 12.1 Å². The third kappa shape index (κ3) is 2.87. The lowest BCUT2D eigenvalue weighted by molar-refractivity contribution is 0.0696. The van der Waals surface area contributed by atoms with Crippen LogP contribution in [-0.4, -0.2) is 16.8 Å². The van der Waals surface area contributed by atoms with Crippen molar-refractivity contribution in [1.29, 1.82) is 0 Å². The topological polar surface area (TPSA) is 49.7 Å². The van der Waals surface area contributed by atoms with Crippen LogP contribution in [0, 0.1) is 24.7 Å². The summed E-state index contributed by atoms with van der Waals surface area (Å²) in [5.41, 5.74) is 4.56. The van der Waals surface area contributed by atoms with Crippen LogP contribution in [0.3, 0.4) is 0 Å². The molecule has 1 aliphatic rings. The van der Waals surface area contributed by atoms with Crippen LogP contribution in [0.5, 0.6) is 0 Å². The zero-order valence-corrected chi connectivity index (χ0v) is 13.9. The van der Waals surface area contributed by atoms with Crippen molar-refractivity contribution < 1.29 is 9.90 Å². The summed E-state index contributed by atoms with van der Waals surface area (Å²) in [7, 11) is 0. The van der Waals surface area contributed by atoms with Crippen molar-refractivity contribution >= 4 is 17.4 Å². The fourth-order valence-electron chi connectivity index (χ4n) is 3.45. The molecule has 0 spiro atoms. The SMILES string of the molecule is Cc1cc(C(=O)O)cc(C)c1N=C1C(C)(C)CCC1(C)C. The Hall–Kier alpha value is -1.64. The van der Waals surface area contributed by atoms with Crippen molar-refractivity contribution in [3.8, 4) is 0 Å². The molecule has 3 nitrogen and oxygen atoms in total. The van der Waals surface area contributed by atoms with Gasteiger partial charge in [-0.15, -0.1) is 0 Å². The molecule has 0 bridgehead atoms. The Balaban J connectivity index is 2.58. The van der Waals surface area contributed by atoms with Crippen LogP contribution in [-0.2, 0) is 0 Å². The van der Waals surface area contributed by atoms with E-state index in [1.165, 1.54) is 5.71 Å². The van der Waals surface area contributed by atoms with Gasteiger partial charge in [0.1, 0.15) is 0 Å². The van der Waals surface area contributed by atoms with Gasteiger partial charge in [0.15, 0.2) is 0 Å². The van der Waals surface area contributed by atoms with E-state index in [9.17, 15) is 4.79 Å². The van der Waals surface area contributed by atoms with Crippen LogP contribution in [0.15, 0.2) is 17.1 Å². The minimum Gasteiger partial charge on any atom is -0.478 e. The molecule has 0 atom stereocenters. The van der Waals surface area contributed by atoms with Crippen LogP contribution < -0.4 is 0 Å². The molecule has 0 unspecified atom stereocenters. The number of carboxylic acids is 1. The highest BCUT2D eigenvalue weighted by Crippen LogP contribution is 2.47. The van der Waals surface area contributed by atoms with E-state index in [2.05, 4.69) is 27.7 Å². The minimum absolute atomic E-state index is 0.105. The van der Waals surface area contributed by atoms with Crippen molar-refractivity contribution in [2.75, 3.05) is 0 Å². The average molecular weight is 287 g/mol. The summed E-state index contributed by atoms with van der Waals surface area (Å²) in [5, 5.41) is 9.14. The van der Waals surface area contributed by atoms with Gasteiger partial charge in [-0.05, 0) is 49.9 Å². The number of aryl methyl sites for hydroxylation is 2. The lowest BCUT2D eigenvalue weighted by Gasteiger charge is -2.26. The molecule has 1 saturated carbocycles. The third-order valence-electron chi connectivity index (χ3n) is 4.62. The Labute approximate surface area is 127 Å². The zero-order valence-electron chi connectivity index (χ0n) is 13.9. The number of aromatic carboxylic acids is 1. The highest BCUT2D eigenvalue weighted by Gasteiger charge is 2.43. The first-order chi connectivity index (χ1) is 9.54. The van der Waals surface area contributed by atoms with E-state index in [1.807, 2.05) is 13.8 Å². The predicted molar refractivity (Wildman–Crippen MR) is 86.8 cm³/mol. The normalized spacial score (nSPS) is 19.6. The molecule has 0 saturated heterocycles. The lowest BCUT2D eigenvalue weighted by Crippen LogP contribution is -2.27. The van der Waals surface area contributed by atoms with Crippen molar-refractivity contribution in [2.24, 2.45) is 15.8 Å². The largest absolute Gasteiger partial charge is 0.478 e. The predicted octanol–water partition coefficient (Wildman–Crippen LogP) is 4.92. The van der Waals surface area contributed by atoms with Crippen LogP contribution in [0.1, 0.15) is 62.0 Å². The van der Waals surface area contributed by atoms with Gasteiger partial charge in [-0.2, -0.15) is 0 Å². The second-order valence-corrected chi connectivity index (χ2v) is 7.49. The number of rotatable bonds is 2. The summed E-state index contributed by atoms with van der Waals surface area (Å²) in [6.07, 6.45) is 2.29. The van der Waals surface area contributed by atoms with Crippen molar-refractivity contribution in [3.63, 3.8) is 0 Å². The summed E-state index contributed by atoms with van der Waals surface area (Å²) in [4.78, 5) is 16.1. The summed E-state index contributed by atoms with van der Waals surface area (Å²) in [5.74, 6) is -0.887. The molecule has 1 fully saturated rings. The zero-order chi connectivity index (χ0) is 16.0. The van der Waals surface area contributed by atoms with Gasteiger partial charge in [-0.1, -0.05) is 27.7 Å². The van der Waals surface area contributed by atoms with Gasteiger partial charge in [0.25, 0.3) is 0 Å². The Morgan fingerprint density at radius 1 is 1.05 bits per heavy atom. The standard InChI is InChI=1S/C18H25NO2/c1-11-9-13(15(20)21)10-12(2)14(11)19-16-17(3,4)7-8-18(16,5)6/h9-10H,7-8H2,1-6H3,(H,20,21).